The van der Waals surface area contributed by atoms with Crippen molar-refractivity contribution in [3.8, 4) is 0 Å². The molecule has 1 aromatic heterocycles. The second-order valence-corrected chi connectivity index (χ2v) is 6.96. The van der Waals surface area contributed by atoms with Gasteiger partial charge in [-0.25, -0.2) is 13.1 Å². The number of H-pyrrole nitrogens is 1. The average Bonchev–Trinajstić information content (AvgIpc) is 3.10. The summed E-state index contributed by atoms with van der Waals surface area (Å²) in [6.45, 7) is 1.77. The summed E-state index contributed by atoms with van der Waals surface area (Å²) in [7, 11) is -3.59. The number of benzene rings is 1. The van der Waals surface area contributed by atoms with E-state index in [2.05, 4.69) is 14.9 Å². The van der Waals surface area contributed by atoms with E-state index in [1.54, 1.807) is 6.92 Å². The van der Waals surface area contributed by atoms with Crippen molar-refractivity contribution in [2.45, 2.75) is 36.7 Å². The fraction of sp³-hybridized carbons (Fsp3) is 0.357. The van der Waals surface area contributed by atoms with Crippen LogP contribution >= 0.6 is 0 Å². The Morgan fingerprint density at radius 1 is 1.38 bits per heavy atom. The smallest absolute Gasteiger partial charge is 0.244 e. The average molecular weight is 306 g/mol. The molecule has 1 aliphatic rings. The summed E-state index contributed by atoms with van der Waals surface area (Å²) in [5.74, 6) is 0.245. The number of hydrogen-bond donors (Lipinski definition) is 3. The van der Waals surface area contributed by atoms with E-state index in [4.69, 9.17) is 5.73 Å². The molecule has 21 heavy (non-hydrogen) atoms. The Kier molecular flexibility index (Phi) is 3.56. The molecule has 2 aromatic rings. The highest BCUT2D eigenvalue weighted by Gasteiger charge is 2.42. The Bertz CT molecular complexity index is 740. The third-order valence-electron chi connectivity index (χ3n) is 3.75. The highest BCUT2D eigenvalue weighted by Crippen LogP contribution is 2.41. The van der Waals surface area contributed by atoms with Crippen molar-refractivity contribution in [1.82, 2.24) is 14.9 Å². The van der Waals surface area contributed by atoms with Crippen LogP contribution in [0.5, 0.6) is 0 Å². The largest absolute Gasteiger partial charge is 0.325 e. The topological polar surface area (TPSA) is 101 Å². The van der Waals surface area contributed by atoms with E-state index < -0.39 is 10.0 Å². The molecule has 0 saturated heterocycles. The number of nitrogens with one attached hydrogen (secondary N) is 2. The number of nitrogens with zero attached hydrogens (tertiary/aromatic N) is 1. The monoisotopic (exact) mass is 306 g/mol. The van der Waals surface area contributed by atoms with Gasteiger partial charge in [0.2, 0.25) is 10.0 Å². The van der Waals surface area contributed by atoms with Crippen LogP contribution in [-0.4, -0.2) is 24.7 Å². The first-order valence-corrected chi connectivity index (χ1v) is 8.32. The Morgan fingerprint density at radius 2 is 2.10 bits per heavy atom. The molecule has 112 valence electrons. The Labute approximate surface area is 123 Å². The fourth-order valence-corrected chi connectivity index (χ4v) is 4.28. The molecule has 0 radical (unpaired) electrons. The lowest BCUT2D eigenvalue weighted by molar-refractivity contribution is 0.578. The molecule has 2 atom stereocenters. The van der Waals surface area contributed by atoms with Crippen LogP contribution in [0.2, 0.25) is 0 Å². The normalized spacial score (nSPS) is 21.4. The van der Waals surface area contributed by atoms with Crippen LogP contribution in [0.4, 0.5) is 0 Å². The molecule has 1 aliphatic carbocycles. The van der Waals surface area contributed by atoms with Gasteiger partial charge in [0.25, 0.3) is 0 Å². The van der Waals surface area contributed by atoms with Crippen molar-refractivity contribution in [3.63, 3.8) is 0 Å². The molecular formula is C14H18N4O2S. The lowest BCUT2D eigenvalue weighted by Gasteiger charge is -2.07. The maximum atomic E-state index is 12.5. The summed E-state index contributed by atoms with van der Waals surface area (Å²) >= 11 is 0. The molecule has 6 nitrogen and oxygen atoms in total. The van der Waals surface area contributed by atoms with Crippen LogP contribution in [-0.2, 0) is 16.6 Å². The van der Waals surface area contributed by atoms with Gasteiger partial charge in [0.15, 0.2) is 0 Å². The molecule has 0 amide bonds. The van der Waals surface area contributed by atoms with E-state index in [0.29, 0.717) is 11.4 Å². The number of hydrogen-bond acceptors (Lipinski definition) is 4. The minimum Gasteiger partial charge on any atom is -0.325 e. The summed E-state index contributed by atoms with van der Waals surface area (Å²) in [5.41, 5.74) is 7.60. The zero-order chi connectivity index (χ0) is 15.0. The van der Waals surface area contributed by atoms with Crippen molar-refractivity contribution >= 4 is 10.0 Å². The molecule has 3 rings (SSSR count). The Hall–Kier alpha value is -1.70. The quantitative estimate of drug-likeness (QED) is 0.767. The molecule has 0 spiro atoms. The SMILES string of the molecule is Cc1[nH]nc(CN)c1S(=O)(=O)NC1CC1c1ccccc1. The standard InChI is InChI=1S/C14H18N4O2S/c1-9-14(13(8-15)17-16-9)21(19,20)18-12-7-11(12)10-5-3-2-4-6-10/h2-6,11-12,18H,7-8,15H2,1H3,(H,16,17). The van der Waals surface area contributed by atoms with Gasteiger partial charge in [-0.1, -0.05) is 30.3 Å². The number of aromatic amines is 1. The molecule has 1 aromatic carbocycles. The second-order valence-electron chi connectivity index (χ2n) is 5.31. The molecule has 7 heteroatoms. The maximum absolute atomic E-state index is 12.5. The minimum atomic E-state index is -3.59. The second kappa shape index (κ2) is 5.25. The van der Waals surface area contributed by atoms with Gasteiger partial charge in [0.1, 0.15) is 4.90 Å². The van der Waals surface area contributed by atoms with Gasteiger partial charge in [-0.3, -0.25) is 5.10 Å². The first kappa shape index (κ1) is 14.2. The summed E-state index contributed by atoms with van der Waals surface area (Å²) in [4.78, 5) is 0.184. The van der Waals surface area contributed by atoms with Gasteiger partial charge in [0, 0.05) is 18.5 Å². The van der Waals surface area contributed by atoms with Gasteiger partial charge >= 0.3 is 0 Å². The summed E-state index contributed by atoms with van der Waals surface area (Å²) in [5, 5.41) is 6.62. The molecule has 0 bridgehead atoms. The highest BCUT2D eigenvalue weighted by atomic mass is 32.2. The van der Waals surface area contributed by atoms with Gasteiger partial charge in [-0.2, -0.15) is 5.10 Å². The van der Waals surface area contributed by atoms with E-state index in [-0.39, 0.29) is 23.4 Å². The lowest BCUT2D eigenvalue weighted by atomic mass is 10.1. The molecule has 4 N–H and O–H groups in total. The van der Waals surface area contributed by atoms with Gasteiger partial charge < -0.3 is 5.73 Å². The molecule has 0 aliphatic heterocycles. The van der Waals surface area contributed by atoms with E-state index in [1.807, 2.05) is 30.3 Å². The van der Waals surface area contributed by atoms with Crippen molar-refractivity contribution in [3.05, 3.63) is 47.3 Å². The first-order chi connectivity index (χ1) is 10.0. The minimum absolute atomic E-state index is 0.0580. The first-order valence-electron chi connectivity index (χ1n) is 6.84. The Morgan fingerprint density at radius 3 is 2.76 bits per heavy atom. The van der Waals surface area contributed by atoms with Gasteiger partial charge in [0.05, 0.1) is 11.4 Å². The van der Waals surface area contributed by atoms with Crippen LogP contribution in [0.25, 0.3) is 0 Å². The van der Waals surface area contributed by atoms with E-state index >= 15 is 0 Å². The summed E-state index contributed by atoms with van der Waals surface area (Å²) in [6.07, 6.45) is 0.818. The number of nitrogens with two attached hydrogens (primary N) is 1. The van der Waals surface area contributed by atoms with E-state index in [9.17, 15) is 8.42 Å². The predicted molar refractivity (Wildman–Crippen MR) is 79.1 cm³/mol. The summed E-state index contributed by atoms with van der Waals surface area (Å²) in [6, 6.07) is 9.86. The van der Waals surface area contributed by atoms with Crippen LogP contribution in [0.15, 0.2) is 35.2 Å². The van der Waals surface area contributed by atoms with Crippen LogP contribution in [0.3, 0.4) is 0 Å². The third-order valence-corrected chi connectivity index (χ3v) is 5.44. The van der Waals surface area contributed by atoms with Crippen LogP contribution < -0.4 is 10.5 Å². The van der Waals surface area contributed by atoms with Gasteiger partial charge in [-0.15, -0.1) is 0 Å². The van der Waals surface area contributed by atoms with Crippen LogP contribution in [0, 0.1) is 6.92 Å². The third kappa shape index (κ3) is 2.72. The van der Waals surface area contributed by atoms with Crippen molar-refractivity contribution < 1.29 is 8.42 Å². The molecule has 2 unspecified atom stereocenters. The molecule has 1 fully saturated rings. The van der Waals surface area contributed by atoms with E-state index in [1.165, 1.54) is 0 Å². The highest BCUT2D eigenvalue weighted by molar-refractivity contribution is 7.89. The molecule has 1 saturated carbocycles. The number of aromatic nitrogens is 2. The number of aryl methyl sites for hydroxylation is 1. The van der Waals surface area contributed by atoms with E-state index in [0.717, 1.165) is 12.0 Å². The fourth-order valence-electron chi connectivity index (χ4n) is 2.62. The lowest BCUT2D eigenvalue weighted by Crippen LogP contribution is -2.28. The zero-order valence-corrected chi connectivity index (χ0v) is 12.5. The molecule has 1 heterocycles. The maximum Gasteiger partial charge on any atom is 0.244 e. The van der Waals surface area contributed by atoms with Crippen molar-refractivity contribution in [1.29, 1.82) is 0 Å². The predicted octanol–water partition coefficient (Wildman–Crippen LogP) is 1.01. The number of rotatable bonds is 5. The molecular weight excluding hydrogens is 288 g/mol. The van der Waals surface area contributed by atoms with Gasteiger partial charge in [-0.05, 0) is 18.9 Å². The van der Waals surface area contributed by atoms with Crippen molar-refractivity contribution in [2.75, 3.05) is 0 Å². The van der Waals surface area contributed by atoms with Crippen LogP contribution in [0.1, 0.15) is 29.3 Å². The zero-order valence-electron chi connectivity index (χ0n) is 11.7. The van der Waals surface area contributed by atoms with Crippen molar-refractivity contribution in [2.24, 2.45) is 5.73 Å². The number of sulfonamides is 1. The Balaban J connectivity index is 1.78. The summed E-state index contributed by atoms with van der Waals surface area (Å²) < 4.78 is 27.7.